The van der Waals surface area contributed by atoms with Gasteiger partial charge < -0.3 is 20.1 Å². The molecule has 0 saturated carbocycles. The molecule has 3 aromatic heterocycles. The highest BCUT2D eigenvalue weighted by molar-refractivity contribution is 5.88. The monoisotopic (exact) mass is 454 g/mol. The summed E-state index contributed by atoms with van der Waals surface area (Å²) in [5, 5.41) is 5.56. The molecule has 0 saturated heterocycles. The number of likely N-dealkylation sites (N-methyl/N-ethyl adjacent to an activating group) is 1. The van der Waals surface area contributed by atoms with Crippen molar-refractivity contribution in [1.29, 1.82) is 0 Å². The largest absolute Gasteiger partial charge is 0.481 e. The number of rotatable bonds is 10. The number of nitrogens with one attached hydrogen (secondary N) is 2. The maximum atomic E-state index is 13.4. The van der Waals surface area contributed by atoms with Crippen LogP contribution in [0.1, 0.15) is 27.2 Å². The van der Waals surface area contributed by atoms with Crippen molar-refractivity contribution in [3.63, 3.8) is 0 Å². The Hall–Kier alpha value is -3.53. The number of carbonyl (C=O) groups excluding carboxylic acids is 1. The van der Waals surface area contributed by atoms with E-state index in [0.29, 0.717) is 36.8 Å². The highest BCUT2D eigenvalue weighted by atomic mass is 16.5. The first-order chi connectivity index (χ1) is 15.8. The summed E-state index contributed by atoms with van der Waals surface area (Å²) >= 11 is 0. The van der Waals surface area contributed by atoms with Gasteiger partial charge in [-0.15, -0.1) is 0 Å². The number of aromatic nitrogens is 4. The van der Waals surface area contributed by atoms with E-state index in [0.717, 1.165) is 17.5 Å². The minimum absolute atomic E-state index is 0.0537. The topological polar surface area (TPSA) is 120 Å². The van der Waals surface area contributed by atoms with E-state index in [9.17, 15) is 9.59 Å². The van der Waals surface area contributed by atoms with Crippen molar-refractivity contribution < 1.29 is 14.3 Å². The van der Waals surface area contributed by atoms with E-state index in [-0.39, 0.29) is 17.3 Å². The number of carbonyl (C=O) groups is 1. The zero-order chi connectivity index (χ0) is 24.0. The van der Waals surface area contributed by atoms with Gasteiger partial charge in [0.25, 0.3) is 5.56 Å². The van der Waals surface area contributed by atoms with Crippen molar-refractivity contribution in [1.82, 2.24) is 24.8 Å². The molecule has 3 rings (SSSR count). The lowest BCUT2D eigenvalue weighted by Crippen LogP contribution is -2.48. The summed E-state index contributed by atoms with van der Waals surface area (Å²) in [4.78, 5) is 38.8. The lowest BCUT2D eigenvalue weighted by molar-refractivity contribution is -0.124. The van der Waals surface area contributed by atoms with Gasteiger partial charge in [-0.2, -0.15) is 0 Å². The Labute approximate surface area is 192 Å². The fourth-order valence-corrected chi connectivity index (χ4v) is 3.32. The van der Waals surface area contributed by atoms with Crippen LogP contribution in [0.2, 0.25) is 0 Å². The third-order valence-corrected chi connectivity index (χ3v) is 5.12. The van der Waals surface area contributed by atoms with Crippen LogP contribution >= 0.6 is 0 Å². The number of ether oxygens (including phenoxy) is 2. The van der Waals surface area contributed by atoms with E-state index in [2.05, 4.69) is 25.6 Å². The van der Waals surface area contributed by atoms with Crippen molar-refractivity contribution >= 4 is 22.9 Å². The normalized spacial score (nSPS) is 11.4. The molecule has 1 amide bonds. The maximum absolute atomic E-state index is 13.4. The molecule has 176 valence electrons. The lowest BCUT2D eigenvalue weighted by Gasteiger charge is -2.25. The molecule has 0 aliphatic heterocycles. The summed E-state index contributed by atoms with van der Waals surface area (Å²) < 4.78 is 12.3. The molecule has 0 radical (unpaired) electrons. The van der Waals surface area contributed by atoms with Gasteiger partial charge in [0.15, 0.2) is 11.5 Å². The Morgan fingerprint density at radius 3 is 2.55 bits per heavy atom. The van der Waals surface area contributed by atoms with Crippen LogP contribution in [0.15, 0.2) is 35.4 Å². The molecule has 10 heteroatoms. The second kappa shape index (κ2) is 10.4. The van der Waals surface area contributed by atoms with E-state index in [1.54, 1.807) is 51.0 Å². The second-order valence-electron chi connectivity index (χ2n) is 8.01. The number of hydrogen-bond acceptors (Lipinski definition) is 8. The van der Waals surface area contributed by atoms with Gasteiger partial charge in [0.1, 0.15) is 5.54 Å². The van der Waals surface area contributed by atoms with Crippen LogP contribution in [0.3, 0.4) is 0 Å². The quantitative estimate of drug-likeness (QED) is 0.448. The molecule has 3 aromatic rings. The first-order valence-corrected chi connectivity index (χ1v) is 10.8. The molecular formula is C23H30N6O4. The van der Waals surface area contributed by atoms with Crippen LogP contribution in [-0.2, 0) is 16.1 Å². The predicted octanol–water partition coefficient (Wildman–Crippen LogP) is 2.23. The van der Waals surface area contributed by atoms with Crippen molar-refractivity contribution in [3.05, 3.63) is 40.9 Å². The van der Waals surface area contributed by atoms with Crippen LogP contribution in [0, 0.1) is 0 Å². The van der Waals surface area contributed by atoms with E-state index < -0.39 is 5.54 Å². The summed E-state index contributed by atoms with van der Waals surface area (Å²) in [5.74, 6) is 0.295. The van der Waals surface area contributed by atoms with Gasteiger partial charge in [-0.05, 0) is 32.4 Å². The summed E-state index contributed by atoms with van der Waals surface area (Å²) in [7, 11) is 3.10. The first-order valence-electron chi connectivity index (χ1n) is 10.8. The molecule has 3 heterocycles. The van der Waals surface area contributed by atoms with Crippen LogP contribution in [0.4, 0.5) is 5.82 Å². The Morgan fingerprint density at radius 2 is 1.91 bits per heavy atom. The van der Waals surface area contributed by atoms with E-state index in [1.165, 1.54) is 0 Å². The van der Waals surface area contributed by atoms with Crippen molar-refractivity contribution in [2.24, 2.45) is 0 Å². The highest BCUT2D eigenvalue weighted by Crippen LogP contribution is 2.23. The van der Waals surface area contributed by atoms with Gasteiger partial charge in [-0.3, -0.25) is 14.2 Å². The van der Waals surface area contributed by atoms with Gasteiger partial charge in [0.05, 0.1) is 19.2 Å². The van der Waals surface area contributed by atoms with Gasteiger partial charge in [-0.25, -0.2) is 15.0 Å². The molecule has 0 fully saturated rings. The predicted molar refractivity (Wildman–Crippen MR) is 126 cm³/mol. The second-order valence-corrected chi connectivity index (χ2v) is 8.01. The van der Waals surface area contributed by atoms with Crippen molar-refractivity contribution in [2.45, 2.75) is 39.3 Å². The molecule has 0 aromatic carbocycles. The number of amides is 1. The van der Waals surface area contributed by atoms with Gasteiger partial charge in [-0.1, -0.05) is 6.92 Å². The SMILES string of the molecule is CCCOCCn1c(=O)c(NC(C)(C)C(=O)NC)nc2ncc(-c3ccc(OC)nc3)cc21. The molecule has 0 aliphatic carbocycles. The molecule has 10 nitrogen and oxygen atoms in total. The van der Waals surface area contributed by atoms with E-state index in [1.807, 2.05) is 19.1 Å². The Bertz CT molecular complexity index is 1170. The lowest BCUT2D eigenvalue weighted by atomic mass is 10.1. The summed E-state index contributed by atoms with van der Waals surface area (Å²) in [6.45, 7) is 6.67. The Kier molecular flexibility index (Phi) is 7.59. The molecule has 33 heavy (non-hydrogen) atoms. The zero-order valence-electron chi connectivity index (χ0n) is 19.6. The third kappa shape index (κ3) is 5.46. The minimum atomic E-state index is -1.04. The molecule has 0 aliphatic rings. The van der Waals surface area contributed by atoms with Crippen molar-refractivity contribution in [3.8, 4) is 17.0 Å². The maximum Gasteiger partial charge on any atom is 0.293 e. The molecule has 2 N–H and O–H groups in total. The van der Waals surface area contributed by atoms with Crippen LogP contribution in [-0.4, -0.2) is 58.3 Å². The van der Waals surface area contributed by atoms with Gasteiger partial charge >= 0.3 is 0 Å². The number of methoxy groups -OCH3 is 1. The summed E-state index contributed by atoms with van der Waals surface area (Å²) in [6.07, 6.45) is 4.24. The highest BCUT2D eigenvalue weighted by Gasteiger charge is 2.28. The number of fused-ring (bicyclic) bond motifs is 1. The fourth-order valence-electron chi connectivity index (χ4n) is 3.32. The third-order valence-electron chi connectivity index (χ3n) is 5.12. The van der Waals surface area contributed by atoms with Crippen LogP contribution < -0.4 is 20.9 Å². The summed E-state index contributed by atoms with van der Waals surface area (Å²) in [5.41, 5.74) is 1.16. The van der Waals surface area contributed by atoms with Crippen LogP contribution in [0.25, 0.3) is 22.3 Å². The average molecular weight is 455 g/mol. The minimum Gasteiger partial charge on any atom is -0.481 e. The molecule has 0 bridgehead atoms. The first kappa shape index (κ1) is 24.1. The molecule has 0 unspecified atom stereocenters. The van der Waals surface area contributed by atoms with Gasteiger partial charge in [0.2, 0.25) is 11.8 Å². The Morgan fingerprint density at radius 1 is 1.15 bits per heavy atom. The molecular weight excluding hydrogens is 424 g/mol. The summed E-state index contributed by atoms with van der Waals surface area (Å²) in [6, 6.07) is 5.49. The Balaban J connectivity index is 2.08. The zero-order valence-corrected chi connectivity index (χ0v) is 19.6. The van der Waals surface area contributed by atoms with E-state index >= 15 is 0 Å². The number of nitrogens with zero attached hydrogens (tertiary/aromatic N) is 4. The number of hydrogen-bond donors (Lipinski definition) is 2. The molecule has 0 spiro atoms. The standard InChI is InChI=1S/C23H30N6O4/c1-6-10-33-11-9-29-17-12-16(15-7-8-18(32-5)25-13-15)14-26-19(17)27-20(21(29)30)28-23(2,3)22(31)24-4/h7-8,12-14H,6,9-11H2,1-5H3,(H,24,31)(H,26,27,28). The van der Waals surface area contributed by atoms with E-state index in [4.69, 9.17) is 9.47 Å². The van der Waals surface area contributed by atoms with Crippen molar-refractivity contribution in [2.75, 3.05) is 32.7 Å². The average Bonchev–Trinajstić information content (AvgIpc) is 2.82. The fraction of sp³-hybridized carbons (Fsp3) is 0.435. The number of anilines is 1. The van der Waals surface area contributed by atoms with Gasteiger partial charge in [0, 0.05) is 49.8 Å². The van der Waals surface area contributed by atoms with Crippen LogP contribution in [0.5, 0.6) is 5.88 Å². The smallest absolute Gasteiger partial charge is 0.293 e. The molecule has 0 atom stereocenters. The number of pyridine rings is 2.